The largest absolute Gasteiger partial charge is 0.357 e. The van der Waals surface area contributed by atoms with Gasteiger partial charge >= 0.3 is 0 Å². The predicted molar refractivity (Wildman–Crippen MR) is 82.6 cm³/mol. The molecule has 19 heavy (non-hydrogen) atoms. The van der Waals surface area contributed by atoms with Gasteiger partial charge in [0.2, 0.25) is 5.95 Å². The van der Waals surface area contributed by atoms with Crippen LogP contribution in [0.5, 0.6) is 0 Å². The number of rotatable bonds is 4. The molecule has 1 N–H and O–H groups in total. The Morgan fingerprint density at radius 2 is 2.05 bits per heavy atom. The molecular formula is C14H17BrN4. The molecule has 0 bridgehead atoms. The van der Waals surface area contributed by atoms with E-state index in [0.717, 1.165) is 16.8 Å². The molecule has 0 atom stereocenters. The smallest absolute Gasteiger partial charge is 0.224 e. The van der Waals surface area contributed by atoms with Crippen molar-refractivity contribution in [3.05, 3.63) is 46.1 Å². The Labute approximate surface area is 122 Å². The van der Waals surface area contributed by atoms with Gasteiger partial charge in [-0.2, -0.15) is 4.98 Å². The van der Waals surface area contributed by atoms with Crippen LogP contribution in [0.25, 0.3) is 0 Å². The standard InChI is InChI=1S/C14H17BrN4/c1-10-6-4-5-7-11(10)9-19(3)13-12(15)8-17-14(16-2)18-13/h4-8H,9H2,1-3H3,(H,16,17,18). The third-order valence-corrected chi connectivity index (χ3v) is 3.54. The summed E-state index contributed by atoms with van der Waals surface area (Å²) in [5, 5.41) is 2.95. The lowest BCUT2D eigenvalue weighted by Crippen LogP contribution is -2.19. The molecule has 0 radical (unpaired) electrons. The maximum absolute atomic E-state index is 4.47. The van der Waals surface area contributed by atoms with Crippen molar-refractivity contribution in [3.63, 3.8) is 0 Å². The summed E-state index contributed by atoms with van der Waals surface area (Å²) in [4.78, 5) is 10.7. The molecule has 1 heterocycles. The van der Waals surface area contributed by atoms with Gasteiger partial charge in [-0.15, -0.1) is 0 Å². The third-order valence-electron chi connectivity index (χ3n) is 2.98. The fourth-order valence-corrected chi connectivity index (χ4v) is 2.36. The topological polar surface area (TPSA) is 41.1 Å². The van der Waals surface area contributed by atoms with E-state index in [4.69, 9.17) is 0 Å². The van der Waals surface area contributed by atoms with E-state index in [1.54, 1.807) is 6.20 Å². The van der Waals surface area contributed by atoms with Gasteiger partial charge in [-0.1, -0.05) is 24.3 Å². The average molecular weight is 321 g/mol. The number of benzene rings is 1. The second kappa shape index (κ2) is 6.02. The zero-order valence-electron chi connectivity index (χ0n) is 11.3. The van der Waals surface area contributed by atoms with E-state index in [9.17, 15) is 0 Å². The molecule has 0 aliphatic carbocycles. The summed E-state index contributed by atoms with van der Waals surface area (Å²) in [6.45, 7) is 2.93. The number of anilines is 2. The van der Waals surface area contributed by atoms with Gasteiger partial charge in [0, 0.05) is 26.8 Å². The molecular weight excluding hydrogens is 304 g/mol. The third kappa shape index (κ3) is 3.23. The van der Waals surface area contributed by atoms with Crippen LogP contribution in [0.3, 0.4) is 0 Å². The lowest BCUT2D eigenvalue weighted by atomic mass is 10.1. The van der Waals surface area contributed by atoms with Crippen molar-refractivity contribution in [1.29, 1.82) is 0 Å². The van der Waals surface area contributed by atoms with Gasteiger partial charge in [0.1, 0.15) is 5.82 Å². The minimum atomic E-state index is 0.620. The Bertz CT molecular complexity index is 571. The first-order valence-electron chi connectivity index (χ1n) is 6.07. The number of aromatic nitrogens is 2. The summed E-state index contributed by atoms with van der Waals surface area (Å²) in [5.74, 6) is 1.50. The summed E-state index contributed by atoms with van der Waals surface area (Å²) < 4.78 is 0.891. The van der Waals surface area contributed by atoms with Crippen LogP contribution in [-0.4, -0.2) is 24.1 Å². The maximum atomic E-state index is 4.47. The van der Waals surface area contributed by atoms with Gasteiger partial charge in [-0.3, -0.25) is 0 Å². The fourth-order valence-electron chi connectivity index (χ4n) is 1.86. The lowest BCUT2D eigenvalue weighted by molar-refractivity contribution is 0.881. The van der Waals surface area contributed by atoms with Gasteiger partial charge in [0.25, 0.3) is 0 Å². The predicted octanol–water partition coefficient (Wildman–Crippen LogP) is 3.23. The van der Waals surface area contributed by atoms with Crippen molar-refractivity contribution >= 4 is 27.7 Å². The second-order valence-corrected chi connectivity index (χ2v) is 5.25. The van der Waals surface area contributed by atoms with Crippen molar-refractivity contribution in [2.24, 2.45) is 0 Å². The zero-order chi connectivity index (χ0) is 13.8. The molecule has 2 rings (SSSR count). The van der Waals surface area contributed by atoms with Crippen molar-refractivity contribution in [2.45, 2.75) is 13.5 Å². The molecule has 4 nitrogen and oxygen atoms in total. The monoisotopic (exact) mass is 320 g/mol. The van der Waals surface area contributed by atoms with E-state index in [2.05, 4.69) is 67.3 Å². The highest BCUT2D eigenvalue weighted by molar-refractivity contribution is 9.10. The normalized spacial score (nSPS) is 10.3. The molecule has 0 saturated carbocycles. The van der Waals surface area contributed by atoms with Crippen LogP contribution in [0, 0.1) is 6.92 Å². The highest BCUT2D eigenvalue weighted by atomic mass is 79.9. The highest BCUT2D eigenvalue weighted by Gasteiger charge is 2.10. The van der Waals surface area contributed by atoms with E-state index in [1.165, 1.54) is 11.1 Å². The maximum Gasteiger partial charge on any atom is 0.224 e. The highest BCUT2D eigenvalue weighted by Crippen LogP contribution is 2.25. The van der Waals surface area contributed by atoms with E-state index < -0.39 is 0 Å². The van der Waals surface area contributed by atoms with Crippen LogP contribution >= 0.6 is 15.9 Å². The van der Waals surface area contributed by atoms with E-state index >= 15 is 0 Å². The molecule has 2 aromatic rings. The van der Waals surface area contributed by atoms with Crippen molar-refractivity contribution in [2.75, 3.05) is 24.3 Å². The van der Waals surface area contributed by atoms with Crippen LogP contribution < -0.4 is 10.2 Å². The number of aryl methyl sites for hydroxylation is 1. The molecule has 1 aromatic heterocycles. The fraction of sp³-hybridized carbons (Fsp3) is 0.286. The zero-order valence-corrected chi connectivity index (χ0v) is 12.9. The van der Waals surface area contributed by atoms with Crippen LogP contribution in [0.2, 0.25) is 0 Å². The molecule has 100 valence electrons. The molecule has 0 aliphatic heterocycles. The summed E-state index contributed by atoms with van der Waals surface area (Å²) in [6.07, 6.45) is 1.77. The van der Waals surface area contributed by atoms with Crippen molar-refractivity contribution in [1.82, 2.24) is 9.97 Å². The number of nitrogens with zero attached hydrogens (tertiary/aromatic N) is 3. The summed E-state index contributed by atoms with van der Waals surface area (Å²) in [7, 11) is 3.84. The number of halogens is 1. The Balaban J connectivity index is 2.25. The van der Waals surface area contributed by atoms with Crippen molar-refractivity contribution in [3.8, 4) is 0 Å². The SMILES string of the molecule is CNc1ncc(Br)c(N(C)Cc2ccccc2C)n1. The Kier molecular flexibility index (Phi) is 4.37. The van der Waals surface area contributed by atoms with Gasteiger partial charge in [0.15, 0.2) is 0 Å². The Hall–Kier alpha value is -1.62. The van der Waals surface area contributed by atoms with E-state index in [0.29, 0.717) is 5.95 Å². The molecule has 0 unspecified atom stereocenters. The van der Waals surface area contributed by atoms with Crippen LogP contribution in [0.15, 0.2) is 34.9 Å². The van der Waals surface area contributed by atoms with Crippen LogP contribution in [0.1, 0.15) is 11.1 Å². The van der Waals surface area contributed by atoms with Gasteiger partial charge in [-0.25, -0.2) is 4.98 Å². The average Bonchev–Trinajstić information content (AvgIpc) is 2.42. The number of hydrogen-bond donors (Lipinski definition) is 1. The Morgan fingerprint density at radius 3 is 2.74 bits per heavy atom. The Morgan fingerprint density at radius 1 is 1.32 bits per heavy atom. The summed E-state index contributed by atoms with van der Waals surface area (Å²) in [6, 6.07) is 8.37. The molecule has 0 aliphatic rings. The first kappa shape index (κ1) is 13.8. The second-order valence-electron chi connectivity index (χ2n) is 4.40. The first-order chi connectivity index (χ1) is 9.11. The minimum Gasteiger partial charge on any atom is -0.357 e. The van der Waals surface area contributed by atoms with Crippen molar-refractivity contribution < 1.29 is 0 Å². The molecule has 0 fully saturated rings. The molecule has 0 amide bonds. The summed E-state index contributed by atoms with van der Waals surface area (Å²) in [5.41, 5.74) is 2.58. The quantitative estimate of drug-likeness (QED) is 0.939. The minimum absolute atomic E-state index is 0.620. The van der Waals surface area contributed by atoms with Crippen LogP contribution in [0.4, 0.5) is 11.8 Å². The molecule has 1 aromatic carbocycles. The lowest BCUT2D eigenvalue weighted by Gasteiger charge is -2.20. The van der Waals surface area contributed by atoms with E-state index in [-0.39, 0.29) is 0 Å². The van der Waals surface area contributed by atoms with Gasteiger partial charge in [0.05, 0.1) is 4.47 Å². The van der Waals surface area contributed by atoms with Gasteiger partial charge in [-0.05, 0) is 34.0 Å². The van der Waals surface area contributed by atoms with Crippen LogP contribution in [-0.2, 0) is 6.54 Å². The molecule has 0 saturated heterocycles. The molecule has 5 heteroatoms. The number of hydrogen-bond acceptors (Lipinski definition) is 4. The summed E-state index contributed by atoms with van der Waals surface area (Å²) >= 11 is 3.50. The first-order valence-corrected chi connectivity index (χ1v) is 6.87. The van der Waals surface area contributed by atoms with Gasteiger partial charge < -0.3 is 10.2 Å². The number of nitrogens with one attached hydrogen (secondary N) is 1. The van der Waals surface area contributed by atoms with E-state index in [1.807, 2.05) is 14.1 Å². The molecule has 0 spiro atoms.